The van der Waals surface area contributed by atoms with Gasteiger partial charge in [-0.3, -0.25) is 4.72 Å². The minimum absolute atomic E-state index is 0.455. The van der Waals surface area contributed by atoms with Crippen LogP contribution in [0.2, 0.25) is 0 Å². The van der Waals surface area contributed by atoms with Crippen molar-refractivity contribution in [1.29, 1.82) is 0 Å². The van der Waals surface area contributed by atoms with Crippen molar-refractivity contribution >= 4 is 59.7 Å². The number of fused-ring (bicyclic) bond motifs is 1. The van der Waals surface area contributed by atoms with Crippen LogP contribution in [-0.2, 0) is 10.0 Å². The smallest absolute Gasteiger partial charge is 0.229 e. The van der Waals surface area contributed by atoms with Crippen molar-refractivity contribution < 1.29 is 8.42 Å². The molecule has 160 valence electrons. The fourth-order valence-electron chi connectivity index (χ4n) is 3.23. The minimum Gasteiger partial charge on any atom is -0.300 e. The van der Waals surface area contributed by atoms with Crippen LogP contribution in [0.25, 0.3) is 32.6 Å². The topological polar surface area (TPSA) is 96.9 Å². The molecule has 0 bridgehead atoms. The van der Waals surface area contributed by atoms with E-state index in [4.69, 9.17) is 4.98 Å². The molecule has 0 saturated carbocycles. The van der Waals surface area contributed by atoms with Crippen molar-refractivity contribution in [3.63, 3.8) is 0 Å². The van der Waals surface area contributed by atoms with Gasteiger partial charge in [0.1, 0.15) is 0 Å². The van der Waals surface area contributed by atoms with Gasteiger partial charge < -0.3 is 5.32 Å². The summed E-state index contributed by atoms with van der Waals surface area (Å²) >= 11 is 3.03. The Kier molecular flexibility index (Phi) is 5.33. The first-order chi connectivity index (χ1) is 15.4. The number of thiophene rings is 1. The zero-order chi connectivity index (χ0) is 22.1. The number of aromatic nitrogens is 3. The molecule has 0 aliphatic carbocycles. The molecule has 2 aromatic carbocycles. The lowest BCUT2D eigenvalue weighted by Crippen LogP contribution is -2.09. The number of rotatable bonds is 6. The number of anilines is 3. The molecule has 0 radical (unpaired) electrons. The third-order valence-corrected chi connectivity index (χ3v) is 6.85. The van der Waals surface area contributed by atoms with Crippen LogP contribution in [0.3, 0.4) is 0 Å². The first kappa shape index (κ1) is 20.6. The van der Waals surface area contributed by atoms with Crippen molar-refractivity contribution in [2.24, 2.45) is 0 Å². The number of nitrogens with one attached hydrogen (secondary N) is 2. The van der Waals surface area contributed by atoms with Crippen LogP contribution >= 0.6 is 22.7 Å². The Morgan fingerprint density at radius 1 is 0.906 bits per heavy atom. The van der Waals surface area contributed by atoms with Gasteiger partial charge in [-0.1, -0.05) is 42.5 Å². The van der Waals surface area contributed by atoms with Crippen LogP contribution in [0.1, 0.15) is 0 Å². The molecule has 0 spiro atoms. The van der Waals surface area contributed by atoms with Crippen molar-refractivity contribution in [1.82, 2.24) is 15.0 Å². The zero-order valence-corrected chi connectivity index (χ0v) is 19.3. The normalized spacial score (nSPS) is 11.5. The van der Waals surface area contributed by atoms with Crippen molar-refractivity contribution in [3.8, 4) is 22.4 Å². The maximum absolute atomic E-state index is 11.6. The standard InChI is InChI=1S/C22H17N5O2S3/c1-32(28,29)27-16-9-5-8-15(10-16)17-12-30-19-11-23-21(25-20(17)19)26-22-24-18(13-31-22)14-6-3-2-4-7-14/h2-13,27H,1H3,(H,23,24,25,26). The monoisotopic (exact) mass is 479 g/mol. The van der Waals surface area contributed by atoms with Crippen LogP contribution in [0.15, 0.2) is 71.6 Å². The third-order valence-electron chi connectivity index (χ3n) is 4.58. The van der Waals surface area contributed by atoms with E-state index in [1.54, 1.807) is 18.3 Å². The molecule has 3 aromatic heterocycles. The molecule has 0 aliphatic heterocycles. The molecular formula is C22H17N5O2S3. The number of hydrogen-bond donors (Lipinski definition) is 2. The molecule has 0 aliphatic rings. The number of hydrogen-bond acceptors (Lipinski definition) is 8. The van der Waals surface area contributed by atoms with Crippen LogP contribution in [0.4, 0.5) is 16.8 Å². The molecular weight excluding hydrogens is 462 g/mol. The van der Waals surface area contributed by atoms with Gasteiger partial charge in [0.2, 0.25) is 16.0 Å². The maximum atomic E-state index is 11.6. The van der Waals surface area contributed by atoms with E-state index >= 15 is 0 Å². The van der Waals surface area contributed by atoms with E-state index in [2.05, 4.69) is 20.0 Å². The summed E-state index contributed by atoms with van der Waals surface area (Å²) in [5.74, 6) is 0.455. The number of thiazole rings is 1. The zero-order valence-electron chi connectivity index (χ0n) is 16.8. The van der Waals surface area contributed by atoms with Gasteiger partial charge in [0.15, 0.2) is 5.13 Å². The lowest BCUT2D eigenvalue weighted by molar-refractivity contribution is 0.607. The summed E-state index contributed by atoms with van der Waals surface area (Å²) in [5.41, 5.74) is 5.03. The minimum atomic E-state index is -3.35. The van der Waals surface area contributed by atoms with Gasteiger partial charge >= 0.3 is 0 Å². The van der Waals surface area contributed by atoms with E-state index in [0.29, 0.717) is 16.8 Å². The maximum Gasteiger partial charge on any atom is 0.229 e. The summed E-state index contributed by atoms with van der Waals surface area (Å²) in [7, 11) is -3.35. The highest BCUT2D eigenvalue weighted by Gasteiger charge is 2.12. The van der Waals surface area contributed by atoms with Crippen molar-refractivity contribution in [3.05, 3.63) is 71.6 Å². The SMILES string of the molecule is CS(=O)(=O)Nc1cccc(-c2csc3cnc(Nc4nc(-c5ccccc5)cs4)nc23)c1. The van der Waals surface area contributed by atoms with Crippen LogP contribution in [0.5, 0.6) is 0 Å². The molecule has 0 atom stereocenters. The summed E-state index contributed by atoms with van der Waals surface area (Å²) in [6, 6.07) is 17.2. The molecule has 3 heterocycles. The van der Waals surface area contributed by atoms with E-state index in [0.717, 1.165) is 38.9 Å². The van der Waals surface area contributed by atoms with Crippen LogP contribution < -0.4 is 10.0 Å². The van der Waals surface area contributed by atoms with Gasteiger partial charge in [-0.15, -0.1) is 22.7 Å². The highest BCUT2D eigenvalue weighted by Crippen LogP contribution is 2.34. The Hall–Kier alpha value is -3.34. The largest absolute Gasteiger partial charge is 0.300 e. The fraction of sp³-hybridized carbons (Fsp3) is 0.0455. The molecule has 2 N–H and O–H groups in total. The van der Waals surface area contributed by atoms with Gasteiger partial charge in [0, 0.05) is 27.6 Å². The third kappa shape index (κ3) is 4.47. The lowest BCUT2D eigenvalue weighted by Gasteiger charge is -2.06. The molecule has 5 aromatic rings. The Morgan fingerprint density at radius 2 is 1.72 bits per heavy atom. The second kappa shape index (κ2) is 8.30. The molecule has 0 saturated heterocycles. The van der Waals surface area contributed by atoms with Crippen LogP contribution in [-0.4, -0.2) is 29.6 Å². The average Bonchev–Trinajstić information content (AvgIpc) is 3.40. The summed E-state index contributed by atoms with van der Waals surface area (Å²) in [6.45, 7) is 0. The molecule has 5 rings (SSSR count). The van der Waals surface area contributed by atoms with Crippen molar-refractivity contribution in [2.75, 3.05) is 16.3 Å². The summed E-state index contributed by atoms with van der Waals surface area (Å²) in [5, 5.41) is 7.90. The number of sulfonamides is 1. The van der Waals surface area contributed by atoms with Gasteiger partial charge in [0.25, 0.3) is 0 Å². The molecule has 10 heteroatoms. The first-order valence-corrected chi connectivity index (χ1v) is 13.2. The van der Waals surface area contributed by atoms with E-state index < -0.39 is 10.0 Å². The first-order valence-electron chi connectivity index (χ1n) is 9.55. The Balaban J connectivity index is 1.45. The summed E-state index contributed by atoms with van der Waals surface area (Å²) in [6.07, 6.45) is 2.91. The number of benzene rings is 2. The summed E-state index contributed by atoms with van der Waals surface area (Å²) in [4.78, 5) is 13.8. The number of nitrogens with zero attached hydrogens (tertiary/aromatic N) is 3. The Bertz CT molecular complexity index is 1510. The Morgan fingerprint density at radius 3 is 2.53 bits per heavy atom. The van der Waals surface area contributed by atoms with E-state index in [1.807, 2.05) is 53.2 Å². The van der Waals surface area contributed by atoms with Gasteiger partial charge in [-0.25, -0.2) is 23.4 Å². The second-order valence-corrected chi connectivity index (χ2v) is 10.6. The molecule has 32 heavy (non-hydrogen) atoms. The van der Waals surface area contributed by atoms with E-state index in [1.165, 1.54) is 22.7 Å². The lowest BCUT2D eigenvalue weighted by atomic mass is 10.1. The fourth-order valence-corrected chi connectivity index (χ4v) is 5.37. The summed E-state index contributed by atoms with van der Waals surface area (Å²) < 4.78 is 26.6. The molecule has 7 nitrogen and oxygen atoms in total. The van der Waals surface area contributed by atoms with Gasteiger partial charge in [-0.2, -0.15) is 0 Å². The molecule has 0 fully saturated rings. The predicted molar refractivity (Wildman–Crippen MR) is 132 cm³/mol. The second-order valence-electron chi connectivity index (χ2n) is 7.04. The highest BCUT2D eigenvalue weighted by molar-refractivity contribution is 7.92. The van der Waals surface area contributed by atoms with Crippen LogP contribution in [0, 0.1) is 0 Å². The quantitative estimate of drug-likeness (QED) is 0.329. The highest BCUT2D eigenvalue weighted by atomic mass is 32.2. The molecule has 0 unspecified atom stereocenters. The van der Waals surface area contributed by atoms with E-state index in [-0.39, 0.29) is 0 Å². The average molecular weight is 480 g/mol. The van der Waals surface area contributed by atoms with Gasteiger partial charge in [0.05, 0.1) is 28.4 Å². The van der Waals surface area contributed by atoms with Gasteiger partial charge in [-0.05, 0) is 17.7 Å². The van der Waals surface area contributed by atoms with Crippen molar-refractivity contribution in [2.45, 2.75) is 0 Å². The predicted octanol–water partition coefficient (Wildman–Crippen LogP) is 5.60. The van der Waals surface area contributed by atoms with E-state index in [9.17, 15) is 8.42 Å². The molecule has 0 amide bonds. The Labute approximate surface area is 192 Å².